The van der Waals surface area contributed by atoms with Crippen molar-refractivity contribution < 1.29 is 9.72 Å². The number of benzene rings is 1. The Morgan fingerprint density at radius 1 is 1.35 bits per heavy atom. The molecule has 0 saturated carbocycles. The van der Waals surface area contributed by atoms with Crippen LogP contribution in [0.3, 0.4) is 0 Å². The lowest BCUT2D eigenvalue weighted by molar-refractivity contribution is -0.384. The van der Waals surface area contributed by atoms with E-state index in [2.05, 4.69) is 5.32 Å². The van der Waals surface area contributed by atoms with Crippen molar-refractivity contribution in [3.05, 3.63) is 33.9 Å². The van der Waals surface area contributed by atoms with Gasteiger partial charge in [0.25, 0.3) is 5.69 Å². The number of nitro groups is 1. The topological polar surface area (TPSA) is 72.2 Å². The van der Waals surface area contributed by atoms with Crippen molar-refractivity contribution in [1.29, 1.82) is 0 Å². The minimum absolute atomic E-state index is 0.00653. The number of fused-ring (bicyclic) bond motifs is 1. The number of hydrogen-bond donors (Lipinski definition) is 1. The first-order valence-corrected chi connectivity index (χ1v) is 5.65. The highest BCUT2D eigenvalue weighted by Gasteiger charge is 2.44. The lowest BCUT2D eigenvalue weighted by Gasteiger charge is -2.23. The Kier molecular flexibility index (Phi) is 2.61. The Labute approximate surface area is 99.0 Å². The van der Waals surface area contributed by atoms with Gasteiger partial charge in [-0.3, -0.25) is 14.9 Å². The molecule has 0 saturated heterocycles. The van der Waals surface area contributed by atoms with Gasteiger partial charge in [0.05, 0.1) is 16.0 Å². The molecule has 1 heterocycles. The van der Waals surface area contributed by atoms with Crippen LogP contribution in [0.5, 0.6) is 0 Å². The van der Waals surface area contributed by atoms with Gasteiger partial charge in [-0.15, -0.1) is 0 Å². The number of nitro benzene ring substituents is 1. The highest BCUT2D eigenvalue weighted by atomic mass is 16.6. The molecule has 2 rings (SSSR count). The molecular formula is C12H14N2O3. The van der Waals surface area contributed by atoms with E-state index in [1.165, 1.54) is 12.1 Å². The van der Waals surface area contributed by atoms with E-state index in [-0.39, 0.29) is 11.6 Å². The molecule has 1 aliphatic rings. The summed E-state index contributed by atoms with van der Waals surface area (Å²) in [4.78, 5) is 22.2. The van der Waals surface area contributed by atoms with Crippen LogP contribution in [0.1, 0.15) is 32.3 Å². The standard InChI is InChI=1S/C12H14N2O3/c1-3-12(4-2)9-6-5-8(14(16)17)7-10(9)13-11(12)15/h5-7H,3-4H2,1-2H3,(H,13,15). The van der Waals surface area contributed by atoms with E-state index < -0.39 is 10.3 Å². The van der Waals surface area contributed by atoms with Crippen LogP contribution >= 0.6 is 0 Å². The van der Waals surface area contributed by atoms with E-state index in [1.807, 2.05) is 13.8 Å². The molecule has 1 amide bonds. The number of amides is 1. The quantitative estimate of drug-likeness (QED) is 0.645. The van der Waals surface area contributed by atoms with Gasteiger partial charge in [0.15, 0.2) is 0 Å². The Hall–Kier alpha value is -1.91. The summed E-state index contributed by atoms with van der Waals surface area (Å²) >= 11 is 0. The number of carbonyl (C=O) groups excluding carboxylic acids is 1. The second kappa shape index (κ2) is 3.84. The van der Waals surface area contributed by atoms with Crippen molar-refractivity contribution in [1.82, 2.24) is 0 Å². The molecule has 0 unspecified atom stereocenters. The lowest BCUT2D eigenvalue weighted by atomic mass is 9.77. The highest BCUT2D eigenvalue weighted by molar-refractivity contribution is 6.06. The minimum atomic E-state index is -0.523. The zero-order valence-corrected chi connectivity index (χ0v) is 9.82. The number of non-ortho nitro benzene ring substituents is 1. The third-order valence-corrected chi connectivity index (χ3v) is 3.62. The maximum Gasteiger partial charge on any atom is 0.271 e. The number of nitrogens with one attached hydrogen (secondary N) is 1. The van der Waals surface area contributed by atoms with Crippen LogP contribution in [-0.2, 0) is 10.2 Å². The molecule has 1 N–H and O–H groups in total. The average Bonchev–Trinajstić information content (AvgIpc) is 2.60. The summed E-state index contributed by atoms with van der Waals surface area (Å²) in [5.41, 5.74) is 0.933. The van der Waals surface area contributed by atoms with Crippen molar-refractivity contribution in [3.8, 4) is 0 Å². The number of nitrogens with zero attached hydrogens (tertiary/aromatic N) is 1. The fourth-order valence-electron chi connectivity index (χ4n) is 2.48. The Balaban J connectivity index is 2.56. The van der Waals surface area contributed by atoms with Gasteiger partial charge in [0, 0.05) is 12.1 Å². The molecule has 1 aromatic rings. The molecule has 90 valence electrons. The molecule has 5 nitrogen and oxygen atoms in total. The van der Waals surface area contributed by atoms with Crippen molar-refractivity contribution in [2.24, 2.45) is 0 Å². The predicted octanol–water partition coefficient (Wildman–Crippen LogP) is 2.60. The fourth-order valence-corrected chi connectivity index (χ4v) is 2.48. The maximum atomic E-state index is 12.0. The summed E-state index contributed by atoms with van der Waals surface area (Å²) in [5.74, 6) is -0.0574. The second-order valence-electron chi connectivity index (χ2n) is 4.23. The Morgan fingerprint density at radius 2 is 2.00 bits per heavy atom. The fraction of sp³-hybridized carbons (Fsp3) is 0.417. The largest absolute Gasteiger partial charge is 0.325 e. The van der Waals surface area contributed by atoms with Gasteiger partial charge in [0.1, 0.15) is 0 Å². The first-order valence-electron chi connectivity index (χ1n) is 5.65. The monoisotopic (exact) mass is 234 g/mol. The first kappa shape index (κ1) is 11.6. The van der Waals surface area contributed by atoms with E-state index >= 15 is 0 Å². The smallest absolute Gasteiger partial charge is 0.271 e. The SMILES string of the molecule is CCC1(CC)C(=O)Nc2cc([N+](=O)[O-])ccc21. The summed E-state index contributed by atoms with van der Waals surface area (Å²) in [6.07, 6.45) is 1.39. The van der Waals surface area contributed by atoms with E-state index in [0.29, 0.717) is 18.5 Å². The van der Waals surface area contributed by atoms with Crippen LogP contribution in [0.25, 0.3) is 0 Å². The molecular weight excluding hydrogens is 220 g/mol. The number of rotatable bonds is 3. The minimum Gasteiger partial charge on any atom is -0.325 e. The summed E-state index contributed by atoms with van der Waals surface area (Å²) < 4.78 is 0. The van der Waals surface area contributed by atoms with Gasteiger partial charge in [-0.1, -0.05) is 13.8 Å². The molecule has 17 heavy (non-hydrogen) atoms. The zero-order valence-electron chi connectivity index (χ0n) is 9.82. The Bertz CT molecular complexity index is 493. The van der Waals surface area contributed by atoms with Crippen LogP contribution in [0.15, 0.2) is 18.2 Å². The molecule has 0 aliphatic carbocycles. The molecule has 0 bridgehead atoms. The molecule has 5 heteroatoms. The predicted molar refractivity (Wildman–Crippen MR) is 64.0 cm³/mol. The van der Waals surface area contributed by atoms with Crippen LogP contribution in [0, 0.1) is 10.1 Å². The third kappa shape index (κ3) is 1.50. The Morgan fingerprint density at radius 3 is 2.53 bits per heavy atom. The molecule has 0 radical (unpaired) electrons. The van der Waals surface area contributed by atoms with Gasteiger partial charge in [-0.25, -0.2) is 0 Å². The van der Waals surface area contributed by atoms with Crippen LogP contribution in [-0.4, -0.2) is 10.8 Å². The molecule has 0 fully saturated rings. The molecule has 0 aromatic heterocycles. The lowest BCUT2D eigenvalue weighted by Crippen LogP contribution is -2.32. The van der Waals surface area contributed by atoms with Gasteiger partial charge in [0.2, 0.25) is 5.91 Å². The maximum absolute atomic E-state index is 12.0. The van der Waals surface area contributed by atoms with Crippen LogP contribution in [0.2, 0.25) is 0 Å². The van der Waals surface area contributed by atoms with Crippen molar-refractivity contribution >= 4 is 17.3 Å². The van der Waals surface area contributed by atoms with E-state index in [9.17, 15) is 14.9 Å². The van der Waals surface area contributed by atoms with E-state index in [0.717, 1.165) is 5.56 Å². The van der Waals surface area contributed by atoms with Gasteiger partial charge >= 0.3 is 0 Å². The zero-order chi connectivity index (χ0) is 12.6. The van der Waals surface area contributed by atoms with Gasteiger partial charge in [-0.05, 0) is 24.5 Å². The summed E-state index contributed by atoms with van der Waals surface area (Å²) in [6, 6.07) is 4.58. The van der Waals surface area contributed by atoms with E-state index in [1.54, 1.807) is 6.07 Å². The second-order valence-corrected chi connectivity index (χ2v) is 4.23. The molecule has 1 aromatic carbocycles. The van der Waals surface area contributed by atoms with Gasteiger partial charge < -0.3 is 5.32 Å². The molecule has 1 aliphatic heterocycles. The molecule has 0 spiro atoms. The van der Waals surface area contributed by atoms with Crippen molar-refractivity contribution in [2.45, 2.75) is 32.1 Å². The molecule has 0 atom stereocenters. The summed E-state index contributed by atoms with van der Waals surface area (Å²) in [7, 11) is 0. The van der Waals surface area contributed by atoms with Crippen LogP contribution < -0.4 is 5.32 Å². The van der Waals surface area contributed by atoms with Crippen molar-refractivity contribution in [2.75, 3.05) is 5.32 Å². The van der Waals surface area contributed by atoms with Crippen molar-refractivity contribution in [3.63, 3.8) is 0 Å². The summed E-state index contributed by atoms with van der Waals surface area (Å²) in [6.45, 7) is 3.92. The number of carbonyl (C=O) groups is 1. The average molecular weight is 234 g/mol. The van der Waals surface area contributed by atoms with E-state index in [4.69, 9.17) is 0 Å². The third-order valence-electron chi connectivity index (χ3n) is 3.62. The normalized spacial score (nSPS) is 16.5. The first-order chi connectivity index (χ1) is 8.05. The summed E-state index contributed by atoms with van der Waals surface area (Å²) in [5, 5.41) is 13.4. The van der Waals surface area contributed by atoms with Gasteiger partial charge in [-0.2, -0.15) is 0 Å². The number of hydrogen-bond acceptors (Lipinski definition) is 3. The highest BCUT2D eigenvalue weighted by Crippen LogP contribution is 2.43. The number of anilines is 1. The van der Waals surface area contributed by atoms with Crippen LogP contribution in [0.4, 0.5) is 11.4 Å².